The fourth-order valence-corrected chi connectivity index (χ4v) is 7.91. The summed E-state index contributed by atoms with van der Waals surface area (Å²) in [5, 5.41) is 7.43. The second kappa shape index (κ2) is 11.7. The Morgan fingerprint density at radius 1 is 0.947 bits per heavy atom. The zero-order valence-electron chi connectivity index (χ0n) is 20.3. The fraction of sp³-hybridized carbons (Fsp3) is 0.308. The summed E-state index contributed by atoms with van der Waals surface area (Å²) in [6.45, 7) is 1.08. The van der Waals surface area contributed by atoms with Crippen LogP contribution in [0.25, 0.3) is 10.9 Å². The Kier molecular flexibility index (Phi) is 8.35. The van der Waals surface area contributed by atoms with E-state index in [0.717, 1.165) is 47.9 Å². The molecule has 4 aromatic rings. The molecule has 5 rings (SSSR count). The third-order valence-corrected chi connectivity index (χ3v) is 9.86. The lowest BCUT2D eigenvalue weighted by Gasteiger charge is -2.28. The molecule has 0 unspecified atom stereocenters. The maximum Gasteiger partial charge on any atom is 0.242 e. The topological polar surface area (TPSA) is 96.0 Å². The minimum Gasteiger partial charge on any atom is -0.354 e. The Hall–Kier alpha value is -2.50. The van der Waals surface area contributed by atoms with E-state index in [9.17, 15) is 12.8 Å². The number of thiophene rings is 1. The summed E-state index contributed by atoms with van der Waals surface area (Å²) < 4.78 is 42.1. The molecule has 2 heterocycles. The van der Waals surface area contributed by atoms with E-state index in [1.165, 1.54) is 18.2 Å². The first-order chi connectivity index (χ1) is 18.3. The number of para-hydroxylation sites is 1. The van der Waals surface area contributed by atoms with Crippen molar-refractivity contribution in [3.63, 3.8) is 0 Å². The van der Waals surface area contributed by atoms with Crippen LogP contribution in [-0.4, -0.2) is 31.5 Å². The molecule has 0 aliphatic heterocycles. The first-order valence-electron chi connectivity index (χ1n) is 12.2. The Balaban J connectivity index is 1.17. The lowest BCUT2D eigenvalue weighted by Crippen LogP contribution is -2.32. The van der Waals surface area contributed by atoms with E-state index in [4.69, 9.17) is 23.2 Å². The van der Waals surface area contributed by atoms with E-state index in [1.54, 1.807) is 12.1 Å². The molecular weight excluding hydrogens is 568 g/mol. The maximum absolute atomic E-state index is 13.7. The predicted molar refractivity (Wildman–Crippen MR) is 153 cm³/mol. The van der Waals surface area contributed by atoms with Crippen LogP contribution in [0.4, 0.5) is 21.8 Å². The SMILES string of the molecule is O=S(=O)(NCC1CCC(CNc2nc(Nc3cccc(F)c3)c3ccccc3n2)CC1)c1cc(Cl)sc1Cl. The molecule has 0 radical (unpaired) electrons. The maximum atomic E-state index is 13.7. The number of hydrogen-bond donors (Lipinski definition) is 3. The molecule has 200 valence electrons. The quantitative estimate of drug-likeness (QED) is 0.192. The van der Waals surface area contributed by atoms with Crippen LogP contribution in [0.3, 0.4) is 0 Å². The largest absolute Gasteiger partial charge is 0.354 e. The highest BCUT2D eigenvalue weighted by Gasteiger charge is 2.25. The minimum absolute atomic E-state index is 0.0358. The second-order valence-corrected chi connectivity index (χ2v) is 13.4. The second-order valence-electron chi connectivity index (χ2n) is 9.36. The normalized spacial score (nSPS) is 18.0. The smallest absolute Gasteiger partial charge is 0.242 e. The summed E-state index contributed by atoms with van der Waals surface area (Å²) >= 11 is 13.0. The van der Waals surface area contributed by atoms with Crippen molar-refractivity contribution in [2.24, 2.45) is 11.8 Å². The van der Waals surface area contributed by atoms with E-state index < -0.39 is 10.0 Å². The molecule has 2 aromatic heterocycles. The Bertz CT molecular complexity index is 1540. The molecule has 3 N–H and O–H groups in total. The summed E-state index contributed by atoms with van der Waals surface area (Å²) in [6.07, 6.45) is 3.76. The van der Waals surface area contributed by atoms with Gasteiger partial charge >= 0.3 is 0 Å². The highest BCUT2D eigenvalue weighted by molar-refractivity contribution is 7.89. The van der Waals surface area contributed by atoms with Crippen molar-refractivity contribution in [3.05, 3.63) is 69.1 Å². The van der Waals surface area contributed by atoms with E-state index >= 15 is 0 Å². The summed E-state index contributed by atoms with van der Waals surface area (Å²) in [4.78, 5) is 9.36. The number of nitrogens with one attached hydrogen (secondary N) is 3. The molecule has 12 heteroatoms. The molecule has 1 aliphatic rings. The van der Waals surface area contributed by atoms with Gasteiger partial charge in [-0.05, 0) is 73.9 Å². The molecule has 0 amide bonds. The number of nitrogens with zero attached hydrogens (tertiary/aromatic N) is 2. The van der Waals surface area contributed by atoms with Gasteiger partial charge in [0.2, 0.25) is 16.0 Å². The fourth-order valence-electron chi connectivity index (χ4n) is 4.64. The van der Waals surface area contributed by atoms with Gasteiger partial charge in [-0.15, -0.1) is 11.3 Å². The Morgan fingerprint density at radius 2 is 1.68 bits per heavy atom. The van der Waals surface area contributed by atoms with Gasteiger partial charge in [0.1, 0.15) is 20.9 Å². The number of aromatic nitrogens is 2. The predicted octanol–water partition coefficient (Wildman–Crippen LogP) is 7.08. The number of fused-ring (bicyclic) bond motifs is 1. The third kappa shape index (κ3) is 6.55. The van der Waals surface area contributed by atoms with Crippen molar-refractivity contribution in [2.75, 3.05) is 23.7 Å². The van der Waals surface area contributed by atoms with Crippen molar-refractivity contribution in [1.82, 2.24) is 14.7 Å². The average molecular weight is 595 g/mol. The summed E-state index contributed by atoms with van der Waals surface area (Å²) in [6, 6.07) is 15.3. The first kappa shape index (κ1) is 27.1. The van der Waals surface area contributed by atoms with E-state index in [-0.39, 0.29) is 21.0 Å². The van der Waals surface area contributed by atoms with Gasteiger partial charge < -0.3 is 10.6 Å². The number of hydrogen-bond acceptors (Lipinski definition) is 7. The lowest BCUT2D eigenvalue weighted by molar-refractivity contribution is 0.284. The molecule has 7 nitrogen and oxygen atoms in total. The van der Waals surface area contributed by atoms with Gasteiger partial charge in [0, 0.05) is 24.2 Å². The third-order valence-electron chi connectivity index (χ3n) is 6.68. The highest BCUT2D eigenvalue weighted by Crippen LogP contribution is 2.35. The van der Waals surface area contributed by atoms with Gasteiger partial charge in [0.05, 0.1) is 9.85 Å². The van der Waals surface area contributed by atoms with Gasteiger partial charge in [0.15, 0.2) is 0 Å². The molecule has 1 fully saturated rings. The Labute approximate surface area is 234 Å². The van der Waals surface area contributed by atoms with Crippen LogP contribution in [0.2, 0.25) is 8.67 Å². The van der Waals surface area contributed by atoms with Crippen molar-refractivity contribution in [1.29, 1.82) is 0 Å². The van der Waals surface area contributed by atoms with Crippen molar-refractivity contribution in [2.45, 2.75) is 30.6 Å². The van der Waals surface area contributed by atoms with Crippen molar-refractivity contribution < 1.29 is 12.8 Å². The van der Waals surface area contributed by atoms with Crippen LogP contribution >= 0.6 is 34.5 Å². The standard InChI is InChI=1S/C26H26Cl2FN5O2S2/c27-23-13-22(24(28)37-23)38(35,36)31-15-17-10-8-16(9-11-17)14-30-26-33-21-7-2-1-6-20(21)25(34-26)32-19-5-3-4-18(29)12-19/h1-7,12-13,16-17,31H,8-11,14-15H2,(H2,30,32,33,34). The van der Waals surface area contributed by atoms with Gasteiger partial charge in [-0.1, -0.05) is 41.4 Å². The number of rotatable bonds is 9. The van der Waals surface area contributed by atoms with Gasteiger partial charge in [-0.2, -0.15) is 4.98 Å². The van der Waals surface area contributed by atoms with Gasteiger partial charge in [-0.3, -0.25) is 0 Å². The average Bonchev–Trinajstić information content (AvgIpc) is 3.25. The molecule has 2 aromatic carbocycles. The first-order valence-corrected chi connectivity index (χ1v) is 15.3. The highest BCUT2D eigenvalue weighted by atomic mass is 35.5. The summed E-state index contributed by atoms with van der Waals surface area (Å²) in [5.41, 5.74) is 1.39. The molecule has 0 atom stereocenters. The van der Waals surface area contributed by atoms with Crippen molar-refractivity contribution >= 4 is 72.9 Å². The molecular formula is C26H26Cl2FN5O2S2. The zero-order chi connectivity index (χ0) is 26.7. The van der Waals surface area contributed by atoms with Crippen LogP contribution in [0, 0.1) is 17.7 Å². The lowest BCUT2D eigenvalue weighted by atomic mass is 9.82. The van der Waals surface area contributed by atoms with Crippen LogP contribution in [0.1, 0.15) is 25.7 Å². The summed E-state index contributed by atoms with van der Waals surface area (Å²) in [7, 11) is -3.69. The number of halogens is 3. The van der Waals surface area contributed by atoms with E-state index in [2.05, 4.69) is 25.3 Å². The molecule has 0 bridgehead atoms. The van der Waals surface area contributed by atoms with Crippen LogP contribution in [-0.2, 0) is 10.0 Å². The number of anilines is 3. The molecule has 0 spiro atoms. The van der Waals surface area contributed by atoms with Crippen molar-refractivity contribution in [3.8, 4) is 0 Å². The van der Waals surface area contributed by atoms with E-state index in [0.29, 0.717) is 40.8 Å². The van der Waals surface area contributed by atoms with Crippen LogP contribution in [0.5, 0.6) is 0 Å². The number of benzene rings is 2. The van der Waals surface area contributed by atoms with Crippen LogP contribution in [0.15, 0.2) is 59.5 Å². The zero-order valence-corrected chi connectivity index (χ0v) is 23.4. The van der Waals surface area contributed by atoms with Crippen LogP contribution < -0.4 is 15.4 Å². The van der Waals surface area contributed by atoms with Gasteiger partial charge in [-0.25, -0.2) is 22.5 Å². The minimum atomic E-state index is -3.69. The monoisotopic (exact) mass is 593 g/mol. The number of sulfonamides is 1. The Morgan fingerprint density at radius 3 is 2.39 bits per heavy atom. The molecule has 1 saturated carbocycles. The van der Waals surface area contributed by atoms with E-state index in [1.807, 2.05) is 24.3 Å². The van der Waals surface area contributed by atoms with Gasteiger partial charge in [0.25, 0.3) is 0 Å². The molecule has 38 heavy (non-hydrogen) atoms. The summed E-state index contributed by atoms with van der Waals surface area (Å²) in [5.74, 6) is 1.46. The molecule has 1 aliphatic carbocycles. The molecule has 0 saturated heterocycles.